The van der Waals surface area contributed by atoms with Crippen LogP contribution in [-0.4, -0.2) is 98.9 Å². The lowest BCUT2D eigenvalue weighted by Crippen LogP contribution is -2.64. The summed E-state index contributed by atoms with van der Waals surface area (Å²) in [5.74, 6) is -0.517. The van der Waals surface area contributed by atoms with Crippen LogP contribution >= 0.6 is 7.82 Å². The molecule has 6 atom stereocenters. The maximum absolute atomic E-state index is 12.8. The van der Waals surface area contributed by atoms with E-state index in [0.717, 1.165) is 109 Å². The van der Waals surface area contributed by atoms with E-state index in [2.05, 4.69) is 135 Å². The number of carbonyl (C=O) groups is 1. The van der Waals surface area contributed by atoms with E-state index in [1.165, 1.54) is 0 Å². The summed E-state index contributed by atoms with van der Waals surface area (Å²) in [4.78, 5) is 23.2. The summed E-state index contributed by atoms with van der Waals surface area (Å²) in [5, 5.41) is 50.3. The fourth-order valence-corrected chi connectivity index (χ4v) is 7.51. The van der Waals surface area contributed by atoms with Gasteiger partial charge in [-0.2, -0.15) is 0 Å². The third-order valence-electron chi connectivity index (χ3n) is 10.3. The van der Waals surface area contributed by atoms with Gasteiger partial charge in [0, 0.05) is 13.0 Å². The molecule has 12 nitrogen and oxygen atoms in total. The Kier molecular flexibility index (Phi) is 38.6. The third-order valence-corrected chi connectivity index (χ3v) is 11.3. The summed E-state index contributed by atoms with van der Waals surface area (Å²) in [7, 11) is -5.05. The minimum absolute atomic E-state index is 0.132. The predicted octanol–water partition coefficient (Wildman–Crippen LogP) is 10.6. The molecule has 0 aromatic rings. The molecule has 1 aliphatic carbocycles. The summed E-state index contributed by atoms with van der Waals surface area (Å²) in [6.07, 6.45) is 48.4. The van der Waals surface area contributed by atoms with E-state index in [0.29, 0.717) is 19.4 Å². The van der Waals surface area contributed by atoms with Crippen LogP contribution in [0.25, 0.3) is 0 Å². The van der Waals surface area contributed by atoms with Gasteiger partial charge in [-0.15, -0.1) is 0 Å². The number of hydrogen-bond donors (Lipinski definition) is 6. The van der Waals surface area contributed by atoms with Crippen molar-refractivity contribution in [1.82, 2.24) is 0 Å². The zero-order valence-corrected chi connectivity index (χ0v) is 40.8. The van der Waals surface area contributed by atoms with Crippen molar-refractivity contribution in [3.05, 3.63) is 122 Å². The van der Waals surface area contributed by atoms with E-state index in [1.54, 1.807) is 0 Å². The lowest BCUT2D eigenvalue weighted by molar-refractivity contribution is -0.220. The number of unbranched alkanes of at least 4 members (excludes halogenated alkanes) is 7. The molecule has 0 bridgehead atoms. The highest BCUT2D eigenvalue weighted by Gasteiger charge is 2.51. The van der Waals surface area contributed by atoms with Crippen LogP contribution in [0.3, 0.4) is 0 Å². The molecule has 0 amide bonds. The van der Waals surface area contributed by atoms with Gasteiger partial charge in [0.2, 0.25) is 0 Å². The van der Waals surface area contributed by atoms with Crippen LogP contribution in [0.15, 0.2) is 122 Å². The molecule has 6 N–H and O–H groups in total. The van der Waals surface area contributed by atoms with Gasteiger partial charge >= 0.3 is 13.8 Å². The highest BCUT2D eigenvalue weighted by Crippen LogP contribution is 2.47. The summed E-state index contributed by atoms with van der Waals surface area (Å²) < 4.78 is 34.2. The first-order valence-corrected chi connectivity index (χ1v) is 25.9. The second-order valence-electron chi connectivity index (χ2n) is 16.2. The molecule has 1 fully saturated rings. The van der Waals surface area contributed by atoms with Gasteiger partial charge in [0.05, 0.1) is 13.2 Å². The molecule has 0 aromatic carbocycles. The maximum Gasteiger partial charge on any atom is 0.472 e. The highest BCUT2D eigenvalue weighted by atomic mass is 31.2. The lowest BCUT2D eigenvalue weighted by atomic mass is 9.85. The molecule has 0 radical (unpaired) electrons. The molecule has 66 heavy (non-hydrogen) atoms. The van der Waals surface area contributed by atoms with Crippen LogP contribution in [0.1, 0.15) is 142 Å². The lowest BCUT2D eigenvalue weighted by Gasteiger charge is -2.41. The number of ether oxygens (including phenoxy) is 2. The molecule has 374 valence electrons. The zero-order chi connectivity index (χ0) is 48.4. The van der Waals surface area contributed by atoms with Gasteiger partial charge in [-0.1, -0.05) is 161 Å². The standard InChI is InChI=1S/C53H85O12P/c1-3-5-7-9-11-13-15-17-19-21-23-25-27-29-31-33-35-37-39-41-43-62-44-46(45-63-66(60,61)65-53-51(58)49(56)48(55)50(57)52(53)59)64-47(54)42-40-38-36-34-32-30-28-26-24-22-20-18-16-14-12-10-8-6-4-2/h5-8,11-14,17-20,23-26,29,31,35,37,46,48-53,55-59H,3-4,9-10,15-16,21-22,27-28,30,32-34,36,38-45H2,1-2H3,(H,60,61)/b7-5-,8-6-,13-11-,14-12-,19-17-,20-18-,25-23-,26-24-,31-29-,37-35-. The molecule has 0 aromatic heterocycles. The van der Waals surface area contributed by atoms with Crippen LogP contribution in [0.2, 0.25) is 0 Å². The Hall–Kier alpha value is -3.26. The number of hydrogen-bond acceptors (Lipinski definition) is 11. The number of aliphatic hydroxyl groups is 5. The van der Waals surface area contributed by atoms with Gasteiger partial charge in [0.25, 0.3) is 0 Å². The van der Waals surface area contributed by atoms with Gasteiger partial charge in [-0.25, -0.2) is 4.57 Å². The van der Waals surface area contributed by atoms with E-state index in [4.69, 9.17) is 18.5 Å². The van der Waals surface area contributed by atoms with E-state index < -0.39 is 63.1 Å². The van der Waals surface area contributed by atoms with Crippen molar-refractivity contribution in [2.45, 2.75) is 185 Å². The van der Waals surface area contributed by atoms with Crippen LogP contribution in [0.5, 0.6) is 0 Å². The van der Waals surface area contributed by atoms with Gasteiger partial charge in [0.1, 0.15) is 42.7 Å². The summed E-state index contributed by atoms with van der Waals surface area (Å²) in [6, 6.07) is 0. The Balaban J connectivity index is 2.45. The van der Waals surface area contributed by atoms with Crippen molar-refractivity contribution in [2.24, 2.45) is 0 Å². The number of rotatable bonds is 39. The van der Waals surface area contributed by atoms with Gasteiger partial charge in [0.15, 0.2) is 0 Å². The molecule has 0 saturated heterocycles. The molecule has 6 unspecified atom stereocenters. The first kappa shape index (κ1) is 60.8. The monoisotopic (exact) mass is 945 g/mol. The van der Waals surface area contributed by atoms with Gasteiger partial charge in [-0.05, 0) is 96.3 Å². The van der Waals surface area contributed by atoms with Crippen molar-refractivity contribution >= 4 is 13.8 Å². The Bertz CT molecular complexity index is 1540. The molecule has 0 heterocycles. The van der Waals surface area contributed by atoms with Crippen molar-refractivity contribution in [3.63, 3.8) is 0 Å². The van der Waals surface area contributed by atoms with E-state index >= 15 is 0 Å². The topological polar surface area (TPSA) is 192 Å². The Morgan fingerprint density at radius 1 is 0.485 bits per heavy atom. The van der Waals surface area contributed by atoms with Crippen molar-refractivity contribution in [2.75, 3.05) is 19.8 Å². The Morgan fingerprint density at radius 3 is 1.29 bits per heavy atom. The molecule has 0 spiro atoms. The minimum atomic E-state index is -5.05. The smallest absolute Gasteiger partial charge is 0.457 e. The Morgan fingerprint density at radius 2 is 0.848 bits per heavy atom. The minimum Gasteiger partial charge on any atom is -0.457 e. The quantitative estimate of drug-likeness (QED) is 0.0148. The molecule has 1 rings (SSSR count). The fourth-order valence-electron chi connectivity index (χ4n) is 6.54. The first-order chi connectivity index (χ1) is 32.0. The molecular formula is C53H85O12P. The third kappa shape index (κ3) is 33.3. The SMILES string of the molecule is CC/C=C\C/C=C\C/C=C\C/C=C\C/C=C\C/C=C\CCCOCC(COP(=O)(O)OC1C(O)C(O)C(O)C(O)C1O)OC(=O)CCCCCCCC/C=C\C/C=C\C/C=C\C/C=C\CC. The van der Waals surface area contributed by atoms with Crippen LogP contribution in [-0.2, 0) is 27.9 Å². The summed E-state index contributed by atoms with van der Waals surface area (Å²) >= 11 is 0. The normalized spacial score (nSPS) is 22.5. The van der Waals surface area contributed by atoms with Crippen molar-refractivity contribution in [3.8, 4) is 0 Å². The largest absolute Gasteiger partial charge is 0.472 e. The fraction of sp³-hybridized carbons (Fsp3) is 0.604. The molecule has 1 aliphatic rings. The maximum atomic E-state index is 12.8. The van der Waals surface area contributed by atoms with E-state index in [1.807, 2.05) is 0 Å². The first-order valence-electron chi connectivity index (χ1n) is 24.4. The number of carbonyl (C=O) groups excluding carboxylic acids is 1. The second-order valence-corrected chi connectivity index (χ2v) is 17.6. The van der Waals surface area contributed by atoms with Gasteiger partial charge < -0.3 is 39.9 Å². The zero-order valence-electron chi connectivity index (χ0n) is 39.9. The second kappa shape index (κ2) is 41.9. The van der Waals surface area contributed by atoms with Crippen molar-refractivity contribution < 1.29 is 58.3 Å². The van der Waals surface area contributed by atoms with Crippen LogP contribution in [0, 0.1) is 0 Å². The van der Waals surface area contributed by atoms with Crippen LogP contribution in [0.4, 0.5) is 0 Å². The summed E-state index contributed by atoms with van der Waals surface area (Å²) in [6.45, 7) is 3.85. The van der Waals surface area contributed by atoms with Gasteiger partial charge in [-0.3, -0.25) is 13.8 Å². The van der Waals surface area contributed by atoms with E-state index in [9.17, 15) is 39.8 Å². The number of phosphoric acid groups is 1. The average molecular weight is 945 g/mol. The average Bonchev–Trinajstić information content (AvgIpc) is 3.30. The van der Waals surface area contributed by atoms with E-state index in [-0.39, 0.29) is 13.0 Å². The van der Waals surface area contributed by atoms with Crippen molar-refractivity contribution in [1.29, 1.82) is 0 Å². The number of phosphoric ester groups is 1. The molecule has 1 saturated carbocycles. The number of aliphatic hydroxyl groups excluding tert-OH is 5. The summed E-state index contributed by atoms with van der Waals surface area (Å²) in [5.41, 5.74) is 0. The Labute approximate surface area is 397 Å². The number of esters is 1. The molecule has 13 heteroatoms. The molecular weight excluding hydrogens is 860 g/mol. The number of allylic oxidation sites excluding steroid dienone is 20. The molecule has 0 aliphatic heterocycles. The highest BCUT2D eigenvalue weighted by molar-refractivity contribution is 7.47. The predicted molar refractivity (Wildman–Crippen MR) is 266 cm³/mol. The van der Waals surface area contributed by atoms with Crippen LogP contribution < -0.4 is 0 Å².